The Morgan fingerprint density at radius 2 is 1.93 bits per heavy atom. The monoisotopic (exact) mass is 421 g/mol. The molecule has 0 aliphatic carbocycles. The maximum absolute atomic E-state index is 13.2. The number of aryl methyl sites for hydroxylation is 1. The van der Waals surface area contributed by atoms with E-state index in [9.17, 15) is 31.9 Å². The minimum atomic E-state index is -4.51. The average Bonchev–Trinajstić information content (AvgIpc) is 2.90. The highest BCUT2D eigenvalue weighted by atomic mass is 19.4. The summed E-state index contributed by atoms with van der Waals surface area (Å²) < 4.78 is 71.1. The molecule has 2 aromatic heterocycles. The normalized spacial score (nSPS) is 12.5. The van der Waals surface area contributed by atoms with Crippen LogP contribution < -0.4 is 4.74 Å². The molecule has 0 saturated heterocycles. The molecule has 0 aliphatic rings. The van der Waals surface area contributed by atoms with Crippen molar-refractivity contribution in [3.8, 4) is 11.6 Å². The van der Waals surface area contributed by atoms with E-state index < -0.39 is 36.3 Å². The van der Waals surface area contributed by atoms with Gasteiger partial charge in [-0.1, -0.05) is 20.8 Å². The third kappa shape index (κ3) is 4.65. The first-order valence-corrected chi connectivity index (χ1v) is 8.60. The van der Waals surface area contributed by atoms with E-state index in [0.717, 1.165) is 26.1 Å². The fourth-order valence-corrected chi connectivity index (χ4v) is 2.82. The molecule has 0 radical (unpaired) electrons. The standard InChI is InChI=1S/C18H20F5N3O3/c1-5-12-25-13(15(27)28)9(2)26(12)14-11(29-16(19)20)6-10(8-24-14)7-17(3,4)18(21,22)23/h6,8,16H,5,7H2,1-4H3,(H,27,28). The van der Waals surface area contributed by atoms with E-state index in [1.54, 1.807) is 6.92 Å². The van der Waals surface area contributed by atoms with Crippen LogP contribution in [0.2, 0.25) is 0 Å². The molecule has 0 unspecified atom stereocenters. The number of hydrogen-bond acceptors (Lipinski definition) is 4. The van der Waals surface area contributed by atoms with Crippen molar-refractivity contribution in [2.24, 2.45) is 5.41 Å². The number of rotatable bonds is 7. The van der Waals surface area contributed by atoms with Gasteiger partial charge in [-0.25, -0.2) is 14.8 Å². The molecule has 2 heterocycles. The first-order valence-electron chi connectivity index (χ1n) is 8.60. The van der Waals surface area contributed by atoms with Crippen LogP contribution in [0, 0.1) is 12.3 Å². The largest absolute Gasteiger partial charge is 0.476 e. The van der Waals surface area contributed by atoms with Gasteiger partial charge in [-0.2, -0.15) is 22.0 Å². The molecule has 0 spiro atoms. The third-order valence-electron chi connectivity index (χ3n) is 4.43. The molecule has 11 heteroatoms. The quantitative estimate of drug-likeness (QED) is 0.663. The van der Waals surface area contributed by atoms with Crippen molar-refractivity contribution in [2.75, 3.05) is 0 Å². The predicted molar refractivity (Wildman–Crippen MR) is 92.6 cm³/mol. The number of nitrogens with zero attached hydrogens (tertiary/aromatic N) is 3. The van der Waals surface area contributed by atoms with Crippen LogP contribution in [-0.4, -0.2) is 38.4 Å². The van der Waals surface area contributed by atoms with E-state index in [2.05, 4.69) is 14.7 Å². The minimum absolute atomic E-state index is 0.0426. The van der Waals surface area contributed by atoms with Crippen molar-refractivity contribution in [2.45, 2.75) is 53.3 Å². The van der Waals surface area contributed by atoms with Crippen LogP contribution in [0.5, 0.6) is 5.75 Å². The van der Waals surface area contributed by atoms with Crippen molar-refractivity contribution in [3.63, 3.8) is 0 Å². The maximum atomic E-state index is 13.2. The number of alkyl halides is 5. The third-order valence-corrected chi connectivity index (χ3v) is 4.43. The van der Waals surface area contributed by atoms with E-state index in [1.165, 1.54) is 11.5 Å². The molecule has 0 aliphatic heterocycles. The molecular formula is C18H20F5N3O3. The Morgan fingerprint density at radius 1 is 1.31 bits per heavy atom. The molecule has 6 nitrogen and oxygen atoms in total. The molecule has 0 bridgehead atoms. The lowest BCUT2D eigenvalue weighted by molar-refractivity contribution is -0.211. The van der Waals surface area contributed by atoms with Gasteiger partial charge in [0, 0.05) is 12.6 Å². The fourth-order valence-electron chi connectivity index (χ4n) is 2.82. The summed E-state index contributed by atoms with van der Waals surface area (Å²) in [6.45, 7) is 1.82. The Balaban J connectivity index is 2.61. The summed E-state index contributed by atoms with van der Waals surface area (Å²) in [6, 6.07) is 1.06. The molecule has 0 amide bonds. The molecule has 160 valence electrons. The summed E-state index contributed by atoms with van der Waals surface area (Å²) in [5.74, 6) is -1.72. The Morgan fingerprint density at radius 3 is 2.41 bits per heavy atom. The highest BCUT2D eigenvalue weighted by Gasteiger charge is 2.47. The lowest BCUT2D eigenvalue weighted by Crippen LogP contribution is -2.34. The van der Waals surface area contributed by atoms with E-state index >= 15 is 0 Å². The van der Waals surface area contributed by atoms with Gasteiger partial charge < -0.3 is 9.84 Å². The topological polar surface area (TPSA) is 77.2 Å². The number of imidazole rings is 1. The van der Waals surface area contributed by atoms with Crippen molar-refractivity contribution in [3.05, 3.63) is 35.0 Å². The van der Waals surface area contributed by atoms with Crippen LogP contribution in [0.25, 0.3) is 5.82 Å². The summed E-state index contributed by atoms with van der Waals surface area (Å²) in [4.78, 5) is 19.3. The Hall–Kier alpha value is -2.72. The van der Waals surface area contributed by atoms with Crippen LogP contribution in [0.1, 0.15) is 48.3 Å². The number of hydrogen-bond donors (Lipinski definition) is 1. The summed E-state index contributed by atoms with van der Waals surface area (Å²) in [7, 11) is 0. The van der Waals surface area contributed by atoms with Gasteiger partial charge >= 0.3 is 18.8 Å². The van der Waals surface area contributed by atoms with E-state index in [0.29, 0.717) is 0 Å². The molecule has 0 fully saturated rings. The molecular weight excluding hydrogens is 401 g/mol. The van der Waals surface area contributed by atoms with E-state index in [4.69, 9.17) is 0 Å². The average molecular weight is 421 g/mol. The first-order chi connectivity index (χ1) is 13.3. The Labute approximate surface area is 163 Å². The molecule has 2 rings (SSSR count). The van der Waals surface area contributed by atoms with Crippen molar-refractivity contribution in [1.82, 2.24) is 14.5 Å². The van der Waals surface area contributed by atoms with Crippen molar-refractivity contribution >= 4 is 5.97 Å². The second kappa shape index (κ2) is 7.96. The predicted octanol–water partition coefficient (Wildman–Crippen LogP) is 4.57. The number of pyridine rings is 1. The Kier molecular flexibility index (Phi) is 6.19. The number of aromatic nitrogens is 3. The van der Waals surface area contributed by atoms with Gasteiger partial charge in [-0.05, 0) is 25.0 Å². The van der Waals surface area contributed by atoms with Gasteiger partial charge in [0.2, 0.25) is 0 Å². The van der Waals surface area contributed by atoms with Crippen LogP contribution in [0.4, 0.5) is 22.0 Å². The maximum Gasteiger partial charge on any atom is 0.394 e. The lowest BCUT2D eigenvalue weighted by Gasteiger charge is -2.28. The van der Waals surface area contributed by atoms with Crippen LogP contribution >= 0.6 is 0 Å². The van der Waals surface area contributed by atoms with Crippen LogP contribution in [0.3, 0.4) is 0 Å². The smallest absolute Gasteiger partial charge is 0.394 e. The molecule has 0 aromatic carbocycles. The van der Waals surface area contributed by atoms with Gasteiger partial charge in [0.1, 0.15) is 5.82 Å². The zero-order valence-electron chi connectivity index (χ0n) is 16.1. The highest BCUT2D eigenvalue weighted by Crippen LogP contribution is 2.41. The summed E-state index contributed by atoms with van der Waals surface area (Å²) in [5, 5.41) is 9.25. The van der Waals surface area contributed by atoms with Crippen LogP contribution in [0.15, 0.2) is 12.3 Å². The number of aromatic carboxylic acids is 1. The lowest BCUT2D eigenvalue weighted by atomic mass is 9.85. The Bertz CT molecular complexity index is 907. The molecule has 2 aromatic rings. The van der Waals surface area contributed by atoms with Gasteiger partial charge in [0.15, 0.2) is 17.3 Å². The fraction of sp³-hybridized carbons (Fsp3) is 0.500. The van der Waals surface area contributed by atoms with E-state index in [-0.39, 0.29) is 35.0 Å². The summed E-state index contributed by atoms with van der Waals surface area (Å²) >= 11 is 0. The summed E-state index contributed by atoms with van der Waals surface area (Å²) in [5.41, 5.74) is -2.23. The number of carboxylic acids is 1. The highest BCUT2D eigenvalue weighted by molar-refractivity contribution is 5.87. The minimum Gasteiger partial charge on any atom is -0.476 e. The number of carbonyl (C=O) groups is 1. The first kappa shape index (κ1) is 22.6. The van der Waals surface area contributed by atoms with Crippen molar-refractivity contribution in [1.29, 1.82) is 0 Å². The zero-order chi connectivity index (χ0) is 22.1. The van der Waals surface area contributed by atoms with Gasteiger partial charge in [-0.3, -0.25) is 4.57 Å². The SMILES string of the molecule is CCc1nc(C(=O)O)c(C)n1-c1ncc(CC(C)(C)C(F)(F)F)cc1OC(F)F. The molecule has 0 saturated carbocycles. The van der Waals surface area contributed by atoms with Gasteiger partial charge in [-0.15, -0.1) is 0 Å². The van der Waals surface area contributed by atoms with Crippen LogP contribution in [-0.2, 0) is 12.8 Å². The summed E-state index contributed by atoms with van der Waals surface area (Å²) in [6.07, 6.45) is -3.64. The molecule has 29 heavy (non-hydrogen) atoms. The second-order valence-electron chi connectivity index (χ2n) is 7.06. The number of halogens is 5. The number of carboxylic acid groups (broad SMARTS) is 1. The number of ether oxygens (including phenoxy) is 1. The van der Waals surface area contributed by atoms with Gasteiger partial charge in [0.25, 0.3) is 0 Å². The molecule has 1 N–H and O–H groups in total. The zero-order valence-corrected chi connectivity index (χ0v) is 16.1. The second-order valence-corrected chi connectivity index (χ2v) is 7.06. The molecule has 0 atom stereocenters. The van der Waals surface area contributed by atoms with E-state index in [1.807, 2.05) is 0 Å². The van der Waals surface area contributed by atoms with Gasteiger partial charge in [0.05, 0.1) is 11.1 Å². The van der Waals surface area contributed by atoms with Crippen molar-refractivity contribution < 1.29 is 36.6 Å².